The van der Waals surface area contributed by atoms with Crippen LogP contribution in [0.1, 0.15) is 6.92 Å². The predicted octanol–water partition coefficient (Wildman–Crippen LogP) is -2.01. The molecule has 10 heteroatoms. The molecule has 0 spiro atoms. The van der Waals surface area contributed by atoms with Gasteiger partial charge in [-0.2, -0.15) is 5.10 Å². The minimum atomic E-state index is -3.92. The van der Waals surface area contributed by atoms with Crippen molar-refractivity contribution in [2.45, 2.75) is 24.0 Å². The third-order valence-corrected chi connectivity index (χ3v) is 3.56. The summed E-state index contributed by atoms with van der Waals surface area (Å²) in [6.45, 7) is -0.170. The highest BCUT2D eigenvalue weighted by Crippen LogP contribution is 2.08. The van der Waals surface area contributed by atoms with Gasteiger partial charge in [0.15, 0.2) is 0 Å². The number of nitrogens with zero attached hydrogens (tertiary/aromatic N) is 2. The number of aliphatic hydroxyl groups is 2. The minimum Gasteiger partial charge on any atom is -0.480 e. The Kier molecular flexibility index (Phi) is 4.63. The van der Waals surface area contributed by atoms with E-state index in [0.29, 0.717) is 0 Å². The summed E-state index contributed by atoms with van der Waals surface area (Å²) in [5.74, 6) is -1.15. The third-order valence-electron chi connectivity index (χ3n) is 2.20. The molecule has 1 heterocycles. The molecule has 1 rings (SSSR count). The highest BCUT2D eigenvalue weighted by Gasteiger charge is 2.24. The lowest BCUT2D eigenvalue weighted by molar-refractivity contribution is -0.137. The maximum absolute atomic E-state index is 11.8. The van der Waals surface area contributed by atoms with Gasteiger partial charge in [-0.3, -0.25) is 9.48 Å². The maximum Gasteiger partial charge on any atom is 0.325 e. The van der Waals surface area contributed by atoms with Gasteiger partial charge in [0.2, 0.25) is 10.0 Å². The molecule has 1 unspecified atom stereocenters. The SMILES string of the molecule is CC(O)(CO)CNS(=O)(=O)c1cnn(CC(=O)O)c1. The second-order valence-electron chi connectivity index (χ2n) is 4.25. The molecular formula is C9H15N3O6S. The molecule has 0 saturated heterocycles. The number of hydrogen-bond donors (Lipinski definition) is 4. The molecule has 0 aliphatic heterocycles. The van der Waals surface area contributed by atoms with E-state index in [4.69, 9.17) is 10.2 Å². The van der Waals surface area contributed by atoms with Crippen molar-refractivity contribution in [3.63, 3.8) is 0 Å². The van der Waals surface area contributed by atoms with E-state index in [9.17, 15) is 18.3 Å². The first-order chi connectivity index (χ1) is 8.66. The molecule has 0 bridgehead atoms. The summed E-state index contributed by atoms with van der Waals surface area (Å²) in [7, 11) is -3.92. The Bertz CT molecular complexity index is 550. The fourth-order valence-corrected chi connectivity index (χ4v) is 2.21. The Balaban J connectivity index is 2.78. The van der Waals surface area contributed by atoms with Gasteiger partial charge in [-0.15, -0.1) is 0 Å². The largest absolute Gasteiger partial charge is 0.480 e. The summed E-state index contributed by atoms with van der Waals surface area (Å²) < 4.78 is 26.6. The second kappa shape index (κ2) is 5.65. The predicted molar refractivity (Wildman–Crippen MR) is 62.8 cm³/mol. The van der Waals surface area contributed by atoms with Crippen LogP contribution in [-0.2, 0) is 21.4 Å². The number of sulfonamides is 1. The van der Waals surface area contributed by atoms with Crippen LogP contribution in [0.4, 0.5) is 0 Å². The number of hydrogen-bond acceptors (Lipinski definition) is 6. The van der Waals surface area contributed by atoms with Crippen LogP contribution in [0.3, 0.4) is 0 Å². The fraction of sp³-hybridized carbons (Fsp3) is 0.556. The normalized spacial score (nSPS) is 15.1. The zero-order chi connectivity index (χ0) is 14.7. The van der Waals surface area contributed by atoms with Crippen molar-refractivity contribution in [1.29, 1.82) is 0 Å². The maximum atomic E-state index is 11.8. The van der Waals surface area contributed by atoms with Crippen LogP contribution in [0.2, 0.25) is 0 Å². The Morgan fingerprint density at radius 1 is 1.58 bits per heavy atom. The van der Waals surface area contributed by atoms with Crippen LogP contribution in [0, 0.1) is 0 Å². The topological polar surface area (TPSA) is 142 Å². The lowest BCUT2D eigenvalue weighted by Crippen LogP contribution is -2.43. The van der Waals surface area contributed by atoms with Crippen molar-refractivity contribution >= 4 is 16.0 Å². The zero-order valence-electron chi connectivity index (χ0n) is 10.1. The number of carbonyl (C=O) groups is 1. The van der Waals surface area contributed by atoms with E-state index in [2.05, 4.69) is 9.82 Å². The molecular weight excluding hydrogens is 278 g/mol. The quantitative estimate of drug-likeness (QED) is 0.455. The molecule has 0 aliphatic rings. The van der Waals surface area contributed by atoms with E-state index in [1.54, 1.807) is 0 Å². The van der Waals surface area contributed by atoms with E-state index in [1.165, 1.54) is 6.92 Å². The first-order valence-corrected chi connectivity index (χ1v) is 6.72. The van der Waals surface area contributed by atoms with Crippen LogP contribution in [0.5, 0.6) is 0 Å². The molecule has 0 aliphatic carbocycles. The lowest BCUT2D eigenvalue weighted by Gasteiger charge is -2.20. The smallest absolute Gasteiger partial charge is 0.325 e. The van der Waals surface area contributed by atoms with Gasteiger partial charge in [0.1, 0.15) is 11.4 Å². The van der Waals surface area contributed by atoms with E-state index in [-0.39, 0.29) is 11.4 Å². The molecule has 1 atom stereocenters. The first-order valence-electron chi connectivity index (χ1n) is 5.23. The Labute approximate surface area is 109 Å². The summed E-state index contributed by atoms with van der Waals surface area (Å²) >= 11 is 0. The van der Waals surface area contributed by atoms with Crippen molar-refractivity contribution in [2.75, 3.05) is 13.2 Å². The number of aliphatic carboxylic acids is 1. The molecule has 4 N–H and O–H groups in total. The van der Waals surface area contributed by atoms with Gasteiger partial charge in [-0.05, 0) is 6.92 Å². The average molecular weight is 293 g/mol. The summed E-state index contributed by atoms with van der Waals surface area (Å²) in [6.07, 6.45) is 2.06. The molecule has 0 saturated carbocycles. The van der Waals surface area contributed by atoms with Gasteiger partial charge in [0.05, 0.1) is 18.4 Å². The number of nitrogens with one attached hydrogen (secondary N) is 1. The molecule has 1 aromatic heterocycles. The van der Waals surface area contributed by atoms with Gasteiger partial charge in [-0.1, -0.05) is 0 Å². The van der Waals surface area contributed by atoms with Crippen molar-refractivity contribution in [3.05, 3.63) is 12.4 Å². The van der Waals surface area contributed by atoms with Crippen molar-refractivity contribution in [3.8, 4) is 0 Å². The van der Waals surface area contributed by atoms with Crippen LogP contribution >= 0.6 is 0 Å². The number of aromatic nitrogens is 2. The van der Waals surface area contributed by atoms with Crippen LogP contribution in [0.15, 0.2) is 17.3 Å². The first kappa shape index (κ1) is 15.6. The highest BCUT2D eigenvalue weighted by molar-refractivity contribution is 7.89. The molecule has 9 nitrogen and oxygen atoms in total. The number of carboxylic acids is 1. The van der Waals surface area contributed by atoms with Gasteiger partial charge in [0.25, 0.3) is 0 Å². The molecule has 0 amide bonds. The molecule has 0 radical (unpaired) electrons. The van der Waals surface area contributed by atoms with Gasteiger partial charge < -0.3 is 15.3 Å². The molecule has 0 fully saturated rings. The van der Waals surface area contributed by atoms with Crippen molar-refractivity contribution in [2.24, 2.45) is 0 Å². The van der Waals surface area contributed by atoms with Crippen LogP contribution < -0.4 is 4.72 Å². The van der Waals surface area contributed by atoms with Crippen molar-refractivity contribution < 1.29 is 28.5 Å². The number of aliphatic hydroxyl groups excluding tert-OH is 1. The summed E-state index contributed by atoms with van der Waals surface area (Å²) in [4.78, 5) is 10.2. The van der Waals surface area contributed by atoms with Crippen LogP contribution in [-0.4, -0.2) is 58.2 Å². The monoisotopic (exact) mass is 293 g/mol. The molecule has 1 aromatic rings. The van der Waals surface area contributed by atoms with Gasteiger partial charge in [-0.25, -0.2) is 13.1 Å². The summed E-state index contributed by atoms with van der Waals surface area (Å²) in [6, 6.07) is 0. The van der Waals surface area contributed by atoms with E-state index in [0.717, 1.165) is 17.1 Å². The Morgan fingerprint density at radius 3 is 2.74 bits per heavy atom. The van der Waals surface area contributed by atoms with Crippen molar-refractivity contribution in [1.82, 2.24) is 14.5 Å². The van der Waals surface area contributed by atoms with E-state index in [1.807, 2.05) is 0 Å². The lowest BCUT2D eigenvalue weighted by atomic mass is 10.1. The zero-order valence-corrected chi connectivity index (χ0v) is 11.0. The fourth-order valence-electron chi connectivity index (χ4n) is 1.10. The highest BCUT2D eigenvalue weighted by atomic mass is 32.2. The van der Waals surface area contributed by atoms with E-state index >= 15 is 0 Å². The summed E-state index contributed by atoms with van der Waals surface area (Å²) in [5, 5.41) is 30.4. The molecule has 19 heavy (non-hydrogen) atoms. The van der Waals surface area contributed by atoms with Gasteiger partial charge >= 0.3 is 5.97 Å². The molecule has 108 valence electrons. The number of carboxylic acid groups (broad SMARTS) is 1. The summed E-state index contributed by atoms with van der Waals surface area (Å²) in [5.41, 5.74) is -1.58. The Hall–Kier alpha value is -1.49. The number of rotatable bonds is 7. The standard InChI is InChI=1S/C9H15N3O6S/c1-9(16,6-13)5-11-19(17,18)7-2-10-12(3-7)4-8(14)15/h2-3,11,13,16H,4-6H2,1H3,(H,14,15). The van der Waals surface area contributed by atoms with E-state index < -0.39 is 34.7 Å². The van der Waals surface area contributed by atoms with Crippen LogP contribution in [0.25, 0.3) is 0 Å². The third kappa shape index (κ3) is 4.59. The second-order valence-corrected chi connectivity index (χ2v) is 6.01. The molecule has 0 aromatic carbocycles. The minimum absolute atomic E-state index is 0.220. The Morgan fingerprint density at radius 2 is 2.21 bits per heavy atom. The average Bonchev–Trinajstić information content (AvgIpc) is 2.75. The van der Waals surface area contributed by atoms with Gasteiger partial charge in [0, 0.05) is 12.7 Å².